The fourth-order valence-corrected chi connectivity index (χ4v) is 6.16. The Morgan fingerprint density at radius 1 is 1.17 bits per heavy atom. The van der Waals surface area contributed by atoms with E-state index in [0.717, 1.165) is 24.8 Å². The van der Waals surface area contributed by atoms with E-state index >= 15 is 0 Å². The number of aliphatic hydroxyl groups excluding tert-OH is 1. The van der Waals surface area contributed by atoms with Gasteiger partial charge in [-0.2, -0.15) is 0 Å². The Balaban J connectivity index is 1.21. The van der Waals surface area contributed by atoms with Gasteiger partial charge in [-0.3, -0.25) is 24.5 Å². The summed E-state index contributed by atoms with van der Waals surface area (Å²) in [6.07, 6.45) is 5.05. The molecular weight excluding hydrogens is 452 g/mol. The van der Waals surface area contributed by atoms with Crippen molar-refractivity contribution in [3.63, 3.8) is 0 Å². The first-order chi connectivity index (χ1) is 16.9. The van der Waals surface area contributed by atoms with Crippen LogP contribution < -0.4 is 5.32 Å². The fourth-order valence-electron chi connectivity index (χ4n) is 6.16. The number of aromatic nitrogens is 3. The second-order valence-electron chi connectivity index (χ2n) is 9.85. The van der Waals surface area contributed by atoms with E-state index in [9.17, 15) is 24.3 Å². The first kappa shape index (κ1) is 21.9. The second kappa shape index (κ2) is 8.26. The summed E-state index contributed by atoms with van der Waals surface area (Å²) in [5, 5.41) is 20.3. The van der Waals surface area contributed by atoms with Crippen LogP contribution in [0.15, 0.2) is 24.4 Å². The molecule has 4 atom stereocenters. The molecule has 11 heteroatoms. The normalized spacial score (nSPS) is 27.9. The minimum absolute atomic E-state index is 0.0345. The number of carbonyl (C=O) groups excluding carboxylic acids is 4. The molecule has 2 bridgehead atoms. The summed E-state index contributed by atoms with van der Waals surface area (Å²) >= 11 is 0. The highest BCUT2D eigenvalue weighted by molar-refractivity contribution is 6.05. The topological polar surface area (TPSA) is 138 Å². The predicted molar refractivity (Wildman–Crippen MR) is 120 cm³/mol. The number of imide groups is 1. The van der Waals surface area contributed by atoms with Gasteiger partial charge in [0.15, 0.2) is 5.69 Å². The molecule has 1 aliphatic carbocycles. The third-order valence-electron chi connectivity index (χ3n) is 7.97. The molecule has 4 amide bonds. The van der Waals surface area contributed by atoms with E-state index in [-0.39, 0.29) is 48.4 Å². The standard InChI is InChI=1S/C24H26N6O5/c31-12-17-13-2-1-3-19(17)28(9-13)24(35)18-11-30(27-26-18)15-5-4-14-10-29(23(34)16(14)8-15)20-6-7-21(32)25-22(20)33/h4-5,8,11,13,17,19-20,31H,1-3,6-7,9-10,12H2,(H,25,32,33). The molecule has 0 spiro atoms. The number of nitrogens with zero attached hydrogens (tertiary/aromatic N) is 5. The van der Waals surface area contributed by atoms with Crippen LogP contribution in [-0.4, -0.2) is 78.8 Å². The first-order valence-corrected chi connectivity index (χ1v) is 12.1. The maximum Gasteiger partial charge on any atom is 0.276 e. The number of aliphatic hydroxyl groups is 1. The number of carbonyl (C=O) groups is 4. The molecule has 3 aliphatic heterocycles. The number of rotatable bonds is 4. The van der Waals surface area contributed by atoms with Crippen LogP contribution in [0.3, 0.4) is 0 Å². The van der Waals surface area contributed by atoms with Gasteiger partial charge in [0.1, 0.15) is 6.04 Å². The van der Waals surface area contributed by atoms with Crippen LogP contribution in [0.4, 0.5) is 0 Å². The number of fused-ring (bicyclic) bond motifs is 3. The van der Waals surface area contributed by atoms with Crippen molar-refractivity contribution in [1.82, 2.24) is 30.1 Å². The second-order valence-corrected chi connectivity index (χ2v) is 9.85. The van der Waals surface area contributed by atoms with Crippen LogP contribution in [0, 0.1) is 11.8 Å². The zero-order valence-corrected chi connectivity index (χ0v) is 19.1. The van der Waals surface area contributed by atoms with Crippen molar-refractivity contribution in [2.24, 2.45) is 11.8 Å². The van der Waals surface area contributed by atoms with Crippen molar-refractivity contribution in [3.05, 3.63) is 41.2 Å². The summed E-state index contributed by atoms with van der Waals surface area (Å²) in [5.74, 6) is -0.779. The van der Waals surface area contributed by atoms with Crippen LogP contribution >= 0.6 is 0 Å². The van der Waals surface area contributed by atoms with E-state index in [4.69, 9.17) is 0 Å². The van der Waals surface area contributed by atoms with E-state index in [2.05, 4.69) is 15.6 Å². The van der Waals surface area contributed by atoms with Gasteiger partial charge in [0, 0.05) is 43.6 Å². The van der Waals surface area contributed by atoms with Gasteiger partial charge in [-0.05, 0) is 42.9 Å². The molecule has 4 unspecified atom stereocenters. The maximum absolute atomic E-state index is 13.2. The van der Waals surface area contributed by atoms with Gasteiger partial charge >= 0.3 is 0 Å². The molecule has 1 aromatic heterocycles. The molecule has 11 nitrogen and oxygen atoms in total. The van der Waals surface area contributed by atoms with Crippen LogP contribution in [-0.2, 0) is 16.1 Å². The van der Waals surface area contributed by atoms with E-state index < -0.39 is 11.9 Å². The number of likely N-dealkylation sites (tertiary alicyclic amines) is 1. The summed E-state index contributed by atoms with van der Waals surface area (Å²) in [5.41, 5.74) is 2.07. The highest BCUT2D eigenvalue weighted by atomic mass is 16.3. The SMILES string of the molecule is O=C1CCC(N2Cc3ccc(-n4cc(C(=O)N5CC6CCCC5C6CO)nn4)cc3C2=O)C(=O)N1. The minimum atomic E-state index is -0.672. The van der Waals surface area contributed by atoms with Gasteiger partial charge in [-0.25, -0.2) is 4.68 Å². The molecule has 2 N–H and O–H groups in total. The van der Waals surface area contributed by atoms with Crippen LogP contribution in [0.2, 0.25) is 0 Å². The lowest BCUT2D eigenvalue weighted by Crippen LogP contribution is -2.52. The highest BCUT2D eigenvalue weighted by Crippen LogP contribution is 2.40. The zero-order valence-electron chi connectivity index (χ0n) is 19.1. The van der Waals surface area contributed by atoms with Crippen molar-refractivity contribution in [2.45, 2.75) is 50.7 Å². The van der Waals surface area contributed by atoms with Gasteiger partial charge in [0.2, 0.25) is 11.8 Å². The molecule has 35 heavy (non-hydrogen) atoms. The third kappa shape index (κ3) is 3.53. The van der Waals surface area contributed by atoms with Crippen molar-refractivity contribution in [2.75, 3.05) is 13.2 Å². The summed E-state index contributed by atoms with van der Waals surface area (Å²) in [7, 11) is 0. The van der Waals surface area contributed by atoms with Gasteiger partial charge in [0.05, 0.1) is 11.9 Å². The van der Waals surface area contributed by atoms with Gasteiger partial charge in [-0.1, -0.05) is 17.7 Å². The average molecular weight is 479 g/mol. The lowest BCUT2D eigenvalue weighted by molar-refractivity contribution is -0.136. The predicted octanol–water partition coefficient (Wildman–Crippen LogP) is 0.261. The molecule has 2 saturated heterocycles. The fraction of sp³-hybridized carbons (Fsp3) is 0.500. The molecule has 2 aromatic rings. The summed E-state index contributed by atoms with van der Waals surface area (Å²) in [6.45, 7) is 1.02. The lowest BCUT2D eigenvalue weighted by Gasteiger charge is -2.30. The average Bonchev–Trinajstić information content (AvgIpc) is 3.52. The number of hydrogen-bond donors (Lipinski definition) is 2. The molecule has 6 rings (SSSR count). The van der Waals surface area contributed by atoms with E-state index in [1.165, 1.54) is 9.58 Å². The number of piperidine rings is 1. The molecule has 1 saturated carbocycles. The monoisotopic (exact) mass is 478 g/mol. The van der Waals surface area contributed by atoms with Gasteiger partial charge in [-0.15, -0.1) is 5.10 Å². The van der Waals surface area contributed by atoms with Crippen molar-refractivity contribution in [1.29, 1.82) is 0 Å². The van der Waals surface area contributed by atoms with Crippen molar-refractivity contribution >= 4 is 23.6 Å². The van der Waals surface area contributed by atoms with E-state index in [0.29, 0.717) is 36.7 Å². The molecule has 182 valence electrons. The number of nitrogens with one attached hydrogen (secondary N) is 1. The van der Waals surface area contributed by atoms with E-state index in [1.807, 2.05) is 11.0 Å². The molecule has 1 aromatic carbocycles. The van der Waals surface area contributed by atoms with Gasteiger partial charge in [0.25, 0.3) is 11.8 Å². The quantitative estimate of drug-likeness (QED) is 0.601. The van der Waals surface area contributed by atoms with E-state index in [1.54, 1.807) is 18.3 Å². The highest BCUT2D eigenvalue weighted by Gasteiger charge is 2.46. The summed E-state index contributed by atoms with van der Waals surface area (Å²) in [6, 6.07) is 4.67. The van der Waals surface area contributed by atoms with Gasteiger partial charge < -0.3 is 14.9 Å². The minimum Gasteiger partial charge on any atom is -0.396 e. The largest absolute Gasteiger partial charge is 0.396 e. The molecular formula is C24H26N6O5. The number of hydrogen-bond acceptors (Lipinski definition) is 7. The van der Waals surface area contributed by atoms with Crippen LogP contribution in [0.1, 0.15) is 58.5 Å². The van der Waals surface area contributed by atoms with Crippen LogP contribution in [0.25, 0.3) is 5.69 Å². The summed E-state index contributed by atoms with van der Waals surface area (Å²) < 4.78 is 1.47. The Morgan fingerprint density at radius 3 is 2.80 bits per heavy atom. The Kier molecular flexibility index (Phi) is 5.17. The molecule has 0 radical (unpaired) electrons. The van der Waals surface area contributed by atoms with Crippen LogP contribution in [0.5, 0.6) is 0 Å². The smallest absolute Gasteiger partial charge is 0.276 e. The Bertz CT molecular complexity index is 1240. The maximum atomic E-state index is 13.2. The third-order valence-corrected chi connectivity index (χ3v) is 7.97. The lowest BCUT2D eigenvalue weighted by atomic mass is 9.80. The zero-order chi connectivity index (χ0) is 24.3. The Labute approximate surface area is 201 Å². The van der Waals surface area contributed by atoms with Crippen molar-refractivity contribution in [3.8, 4) is 5.69 Å². The molecule has 4 heterocycles. The Morgan fingerprint density at radius 2 is 2.03 bits per heavy atom. The summed E-state index contributed by atoms with van der Waals surface area (Å²) in [4.78, 5) is 53.4. The Hall–Kier alpha value is -3.60. The molecule has 3 fully saturated rings. The first-order valence-electron chi connectivity index (χ1n) is 12.1. The number of amides is 4. The van der Waals surface area contributed by atoms with Crippen molar-refractivity contribution < 1.29 is 24.3 Å². The number of benzene rings is 1. The molecule has 4 aliphatic rings.